The highest BCUT2D eigenvalue weighted by atomic mass is 16.2. The molecule has 28 heavy (non-hydrogen) atoms. The smallest absolute Gasteiger partial charge is 0.293 e. The lowest BCUT2D eigenvalue weighted by molar-refractivity contribution is -0.139. The third kappa shape index (κ3) is 4.91. The molecule has 0 bridgehead atoms. The molecule has 2 aromatic carbocycles. The average molecular weight is 377 g/mol. The highest BCUT2D eigenvalue weighted by Gasteiger charge is 2.39. The summed E-state index contributed by atoms with van der Waals surface area (Å²) in [6.45, 7) is 2.06. The molecular weight excluding hydrogens is 354 g/mol. The fraction of sp³-hybridized carbons (Fsp3) is 0.273. The van der Waals surface area contributed by atoms with E-state index in [-0.39, 0.29) is 12.6 Å². The number of hydrogen-bond acceptors (Lipinski definition) is 4. The number of aryl methyl sites for hydroxylation is 1. The fourth-order valence-corrected chi connectivity index (χ4v) is 3.01. The maximum absolute atomic E-state index is 12.7. The first-order valence-corrected chi connectivity index (χ1v) is 9.32. The molecular formula is C22H23N3O3. The van der Waals surface area contributed by atoms with E-state index in [9.17, 15) is 14.4 Å². The van der Waals surface area contributed by atoms with Crippen LogP contribution in [-0.4, -0.2) is 35.0 Å². The van der Waals surface area contributed by atoms with Gasteiger partial charge in [-0.25, -0.2) is 4.79 Å². The number of barbiturate groups is 1. The van der Waals surface area contributed by atoms with Gasteiger partial charge >= 0.3 is 6.03 Å². The summed E-state index contributed by atoms with van der Waals surface area (Å²) >= 11 is 0. The summed E-state index contributed by atoms with van der Waals surface area (Å²) in [4.78, 5) is 42.4. The molecule has 0 radical (unpaired) electrons. The minimum Gasteiger partial charge on any atom is -0.293 e. The maximum Gasteiger partial charge on any atom is 0.331 e. The van der Waals surface area contributed by atoms with E-state index in [0.29, 0.717) is 0 Å². The van der Waals surface area contributed by atoms with Crippen LogP contribution in [0.2, 0.25) is 0 Å². The molecule has 4 amide bonds. The zero-order valence-corrected chi connectivity index (χ0v) is 15.7. The molecule has 144 valence electrons. The molecule has 2 atom stereocenters. The largest absolute Gasteiger partial charge is 0.331 e. The van der Waals surface area contributed by atoms with Crippen molar-refractivity contribution < 1.29 is 14.4 Å². The van der Waals surface area contributed by atoms with E-state index in [1.165, 1.54) is 11.8 Å². The van der Waals surface area contributed by atoms with Gasteiger partial charge in [0.1, 0.15) is 0 Å². The summed E-state index contributed by atoms with van der Waals surface area (Å²) < 4.78 is 0. The Balaban J connectivity index is 1.62. The van der Waals surface area contributed by atoms with Crippen molar-refractivity contribution in [1.29, 1.82) is 0 Å². The molecule has 2 aromatic rings. The quantitative estimate of drug-likeness (QED) is 0.595. The molecule has 0 aromatic heterocycles. The number of imide groups is 2. The molecule has 1 saturated heterocycles. The molecule has 0 aliphatic carbocycles. The van der Waals surface area contributed by atoms with Crippen molar-refractivity contribution in [3.63, 3.8) is 0 Å². The number of urea groups is 1. The number of carbonyl (C=O) groups is 3. The molecule has 1 unspecified atom stereocenters. The van der Waals surface area contributed by atoms with Crippen LogP contribution in [0.15, 0.2) is 65.7 Å². The Morgan fingerprint density at radius 2 is 1.61 bits per heavy atom. The van der Waals surface area contributed by atoms with Gasteiger partial charge < -0.3 is 0 Å². The van der Waals surface area contributed by atoms with Gasteiger partial charge in [0, 0.05) is 12.3 Å². The number of hydrogen-bond donors (Lipinski definition) is 1. The predicted octanol–water partition coefficient (Wildman–Crippen LogP) is 2.97. The van der Waals surface area contributed by atoms with E-state index in [1.807, 2.05) is 55.5 Å². The Bertz CT molecular complexity index is 865. The van der Waals surface area contributed by atoms with Crippen LogP contribution in [0.3, 0.4) is 0 Å². The number of nitrogens with one attached hydrogen (secondary N) is 1. The lowest BCUT2D eigenvalue weighted by Crippen LogP contribution is -2.57. The standard InChI is InChI=1S/C22H23N3O3/c1-16(12-13-17-8-4-2-5-9-17)23-14-19-20(26)24-22(28)25(21(19)27)15-18-10-6-3-7-11-18/h2-11,14,16,19H,12-13,15H2,1H3,(H,24,26,28)/t16-,19?/m0/s1. The third-order valence-corrected chi connectivity index (χ3v) is 4.66. The van der Waals surface area contributed by atoms with E-state index < -0.39 is 23.8 Å². The van der Waals surface area contributed by atoms with Crippen LogP contribution < -0.4 is 5.32 Å². The summed E-state index contributed by atoms with van der Waals surface area (Å²) in [5.41, 5.74) is 2.03. The van der Waals surface area contributed by atoms with Crippen molar-refractivity contribution in [1.82, 2.24) is 10.2 Å². The zero-order chi connectivity index (χ0) is 19.9. The summed E-state index contributed by atoms with van der Waals surface area (Å²) in [5.74, 6) is -2.25. The summed E-state index contributed by atoms with van der Waals surface area (Å²) in [6.07, 6.45) is 3.04. The SMILES string of the molecule is C[C@@H](CCc1ccccc1)N=CC1C(=O)NC(=O)N(Cc2ccccc2)C1=O. The van der Waals surface area contributed by atoms with Crippen LogP contribution >= 0.6 is 0 Å². The van der Waals surface area contributed by atoms with Gasteiger partial charge in [0.15, 0.2) is 5.92 Å². The van der Waals surface area contributed by atoms with Gasteiger partial charge in [-0.15, -0.1) is 0 Å². The van der Waals surface area contributed by atoms with Gasteiger partial charge in [-0.05, 0) is 30.9 Å². The molecule has 0 saturated carbocycles. The van der Waals surface area contributed by atoms with Gasteiger partial charge in [0.25, 0.3) is 0 Å². The number of aliphatic imine (C=N–C) groups is 1. The van der Waals surface area contributed by atoms with Crippen LogP contribution in [0.1, 0.15) is 24.5 Å². The summed E-state index contributed by atoms with van der Waals surface area (Å²) in [7, 11) is 0. The van der Waals surface area contributed by atoms with Gasteiger partial charge in [0.2, 0.25) is 11.8 Å². The first-order chi connectivity index (χ1) is 13.5. The molecule has 1 heterocycles. The average Bonchev–Trinajstić information content (AvgIpc) is 2.71. The number of nitrogens with zero attached hydrogens (tertiary/aromatic N) is 2. The Morgan fingerprint density at radius 3 is 2.25 bits per heavy atom. The second-order valence-corrected chi connectivity index (χ2v) is 6.85. The Morgan fingerprint density at radius 1 is 1.00 bits per heavy atom. The second-order valence-electron chi connectivity index (χ2n) is 6.85. The molecule has 1 aliphatic rings. The van der Waals surface area contributed by atoms with Gasteiger partial charge in [-0.3, -0.25) is 24.8 Å². The summed E-state index contributed by atoms with van der Waals surface area (Å²) in [5, 5.41) is 2.25. The van der Waals surface area contributed by atoms with E-state index >= 15 is 0 Å². The minimum absolute atomic E-state index is 0.0407. The molecule has 1 fully saturated rings. The second kappa shape index (κ2) is 9.08. The normalized spacial score (nSPS) is 18.4. The third-order valence-electron chi connectivity index (χ3n) is 4.66. The molecule has 6 heteroatoms. The van der Waals surface area contributed by atoms with Crippen LogP contribution in [0.25, 0.3) is 0 Å². The minimum atomic E-state index is -1.08. The number of carbonyl (C=O) groups excluding carboxylic acids is 3. The van der Waals surface area contributed by atoms with Crippen molar-refractivity contribution in [2.45, 2.75) is 32.4 Å². The Kier molecular flexibility index (Phi) is 6.32. The maximum atomic E-state index is 12.7. The van der Waals surface area contributed by atoms with E-state index in [1.54, 1.807) is 0 Å². The number of benzene rings is 2. The number of rotatable bonds is 7. The highest BCUT2D eigenvalue weighted by molar-refractivity contribution is 6.23. The molecule has 6 nitrogen and oxygen atoms in total. The zero-order valence-electron chi connectivity index (χ0n) is 15.7. The van der Waals surface area contributed by atoms with E-state index in [4.69, 9.17) is 0 Å². The Hall–Kier alpha value is -3.28. The van der Waals surface area contributed by atoms with Crippen molar-refractivity contribution in [3.8, 4) is 0 Å². The van der Waals surface area contributed by atoms with Crippen LogP contribution in [0.4, 0.5) is 4.79 Å². The highest BCUT2D eigenvalue weighted by Crippen LogP contribution is 2.14. The number of amides is 4. The monoisotopic (exact) mass is 377 g/mol. The molecule has 1 aliphatic heterocycles. The predicted molar refractivity (Wildman–Crippen MR) is 107 cm³/mol. The van der Waals surface area contributed by atoms with Crippen molar-refractivity contribution in [3.05, 3.63) is 71.8 Å². The lowest BCUT2D eigenvalue weighted by Gasteiger charge is -2.28. The fourth-order valence-electron chi connectivity index (χ4n) is 3.01. The van der Waals surface area contributed by atoms with E-state index in [2.05, 4.69) is 22.4 Å². The van der Waals surface area contributed by atoms with Crippen LogP contribution in [-0.2, 0) is 22.6 Å². The van der Waals surface area contributed by atoms with Crippen molar-refractivity contribution >= 4 is 24.1 Å². The Labute approximate surface area is 164 Å². The lowest BCUT2D eigenvalue weighted by atomic mass is 10.0. The van der Waals surface area contributed by atoms with Crippen molar-refractivity contribution in [2.75, 3.05) is 0 Å². The van der Waals surface area contributed by atoms with Crippen LogP contribution in [0.5, 0.6) is 0 Å². The topological polar surface area (TPSA) is 78.8 Å². The van der Waals surface area contributed by atoms with Gasteiger partial charge in [-0.1, -0.05) is 60.7 Å². The van der Waals surface area contributed by atoms with Crippen LogP contribution in [0, 0.1) is 5.92 Å². The summed E-state index contributed by atoms with van der Waals surface area (Å²) in [6, 6.07) is 18.5. The molecule has 3 rings (SSSR count). The first-order valence-electron chi connectivity index (χ1n) is 9.32. The molecule has 1 N–H and O–H groups in total. The van der Waals surface area contributed by atoms with E-state index in [0.717, 1.165) is 23.3 Å². The van der Waals surface area contributed by atoms with Gasteiger partial charge in [-0.2, -0.15) is 0 Å². The van der Waals surface area contributed by atoms with Crippen molar-refractivity contribution in [2.24, 2.45) is 10.9 Å². The molecule has 0 spiro atoms. The van der Waals surface area contributed by atoms with Gasteiger partial charge in [0.05, 0.1) is 6.54 Å². The first kappa shape index (κ1) is 19.5.